The molecule has 2 aromatic rings. The summed E-state index contributed by atoms with van der Waals surface area (Å²) in [7, 11) is 0. The number of aromatic nitrogens is 2. The molecule has 1 atom stereocenters. The van der Waals surface area contributed by atoms with Gasteiger partial charge in [0.2, 0.25) is 11.7 Å². The fraction of sp³-hybridized carbons (Fsp3) is 0.500. The number of ether oxygens (including phenoxy) is 1. The minimum atomic E-state index is -0.340. The Bertz CT molecular complexity index is 775. The first-order valence-electron chi connectivity index (χ1n) is 8.71. The summed E-state index contributed by atoms with van der Waals surface area (Å²) in [6, 6.07) is 8.01. The molecule has 25 heavy (non-hydrogen) atoms. The van der Waals surface area contributed by atoms with Crippen LogP contribution in [0.3, 0.4) is 0 Å². The van der Waals surface area contributed by atoms with Crippen molar-refractivity contribution in [1.29, 1.82) is 0 Å². The summed E-state index contributed by atoms with van der Waals surface area (Å²) >= 11 is 0. The van der Waals surface area contributed by atoms with Gasteiger partial charge in [-0.25, -0.2) is 4.79 Å². The second kappa shape index (κ2) is 6.48. The number of rotatable bonds is 3. The van der Waals surface area contributed by atoms with Crippen LogP contribution in [0.1, 0.15) is 30.7 Å². The lowest BCUT2D eigenvalue weighted by molar-refractivity contribution is 0.0440. The van der Waals surface area contributed by atoms with Crippen LogP contribution in [0, 0.1) is 6.92 Å². The van der Waals surface area contributed by atoms with Crippen LogP contribution < -0.4 is 5.32 Å². The second-order valence-corrected chi connectivity index (χ2v) is 6.88. The molecule has 0 aliphatic carbocycles. The molecule has 2 fully saturated rings. The van der Waals surface area contributed by atoms with Crippen LogP contribution in [-0.2, 0) is 11.3 Å². The zero-order valence-electron chi connectivity index (χ0n) is 14.3. The summed E-state index contributed by atoms with van der Waals surface area (Å²) in [4.78, 5) is 18.2. The van der Waals surface area contributed by atoms with Crippen LogP contribution in [0.5, 0.6) is 0 Å². The van der Waals surface area contributed by atoms with Gasteiger partial charge in [-0.05, 0) is 31.9 Å². The van der Waals surface area contributed by atoms with Crippen molar-refractivity contribution in [2.75, 3.05) is 19.6 Å². The SMILES string of the molecule is Cc1ccccc1-c1noc(CN2CCC[C@@]3(CC2)CNC(=O)O3)n1. The zero-order chi connectivity index (χ0) is 17.3. The van der Waals surface area contributed by atoms with Gasteiger partial charge in [0.15, 0.2) is 0 Å². The maximum atomic E-state index is 11.4. The number of amides is 1. The van der Waals surface area contributed by atoms with Gasteiger partial charge in [-0.2, -0.15) is 4.98 Å². The number of aryl methyl sites for hydroxylation is 1. The van der Waals surface area contributed by atoms with Crippen molar-refractivity contribution < 1.29 is 14.1 Å². The number of benzene rings is 1. The number of hydrogen-bond acceptors (Lipinski definition) is 6. The van der Waals surface area contributed by atoms with Crippen molar-refractivity contribution in [2.24, 2.45) is 0 Å². The Labute approximate surface area is 146 Å². The number of nitrogens with zero attached hydrogens (tertiary/aromatic N) is 3. The Morgan fingerprint density at radius 1 is 1.28 bits per heavy atom. The molecule has 4 rings (SSSR count). The molecule has 1 spiro atoms. The van der Waals surface area contributed by atoms with Crippen LogP contribution in [0.2, 0.25) is 0 Å². The molecule has 1 aromatic carbocycles. The van der Waals surface area contributed by atoms with Gasteiger partial charge in [-0.15, -0.1) is 0 Å². The number of hydrogen-bond donors (Lipinski definition) is 1. The van der Waals surface area contributed by atoms with Crippen LogP contribution in [0.4, 0.5) is 4.79 Å². The summed E-state index contributed by atoms with van der Waals surface area (Å²) in [5.74, 6) is 1.25. The molecule has 132 valence electrons. The highest BCUT2D eigenvalue weighted by atomic mass is 16.6. The Kier molecular flexibility index (Phi) is 4.17. The average Bonchev–Trinajstić information content (AvgIpc) is 3.14. The monoisotopic (exact) mass is 342 g/mol. The summed E-state index contributed by atoms with van der Waals surface area (Å²) in [6.07, 6.45) is 2.40. The maximum Gasteiger partial charge on any atom is 0.407 e. The predicted octanol–water partition coefficient (Wildman–Crippen LogP) is 2.51. The van der Waals surface area contributed by atoms with Gasteiger partial charge in [-0.1, -0.05) is 29.4 Å². The third kappa shape index (κ3) is 3.37. The summed E-state index contributed by atoms with van der Waals surface area (Å²) in [5, 5.41) is 6.90. The minimum absolute atomic E-state index is 0.298. The fourth-order valence-electron chi connectivity index (χ4n) is 3.61. The van der Waals surface area contributed by atoms with E-state index in [1.807, 2.05) is 31.2 Å². The van der Waals surface area contributed by atoms with E-state index in [0.717, 1.165) is 43.5 Å². The molecular formula is C18H22N4O3. The molecule has 2 aliphatic rings. The largest absolute Gasteiger partial charge is 0.441 e. The molecule has 2 saturated heterocycles. The summed E-state index contributed by atoms with van der Waals surface area (Å²) in [6.45, 7) is 5.04. The molecule has 1 aromatic heterocycles. The number of likely N-dealkylation sites (tertiary alicyclic amines) is 1. The van der Waals surface area contributed by atoms with Crippen LogP contribution in [-0.4, -0.2) is 46.4 Å². The molecule has 0 radical (unpaired) electrons. The smallest absolute Gasteiger partial charge is 0.407 e. The van der Waals surface area contributed by atoms with E-state index in [4.69, 9.17) is 9.26 Å². The first kappa shape index (κ1) is 16.1. The van der Waals surface area contributed by atoms with Crippen LogP contribution >= 0.6 is 0 Å². The van der Waals surface area contributed by atoms with Gasteiger partial charge < -0.3 is 14.6 Å². The highest BCUT2D eigenvalue weighted by Gasteiger charge is 2.41. The molecule has 1 N–H and O–H groups in total. The normalized spacial score (nSPS) is 24.1. The topological polar surface area (TPSA) is 80.5 Å². The van der Waals surface area contributed by atoms with Crippen LogP contribution in [0.25, 0.3) is 11.4 Å². The third-order valence-electron chi connectivity index (χ3n) is 5.07. The highest BCUT2D eigenvalue weighted by molar-refractivity contribution is 5.70. The van der Waals surface area contributed by atoms with Gasteiger partial charge >= 0.3 is 6.09 Å². The minimum Gasteiger partial charge on any atom is -0.441 e. The predicted molar refractivity (Wildman–Crippen MR) is 90.8 cm³/mol. The Hall–Kier alpha value is -2.41. The summed E-state index contributed by atoms with van der Waals surface area (Å²) < 4.78 is 11.0. The molecular weight excluding hydrogens is 320 g/mol. The summed E-state index contributed by atoms with van der Waals surface area (Å²) in [5.41, 5.74) is 1.78. The quantitative estimate of drug-likeness (QED) is 0.923. The third-order valence-corrected chi connectivity index (χ3v) is 5.07. The number of carbonyl (C=O) groups excluding carboxylic acids is 1. The van der Waals surface area contributed by atoms with Gasteiger partial charge in [0, 0.05) is 18.5 Å². The number of carbonyl (C=O) groups is 1. The average molecular weight is 342 g/mol. The Morgan fingerprint density at radius 2 is 2.16 bits per heavy atom. The molecule has 1 amide bonds. The van der Waals surface area contributed by atoms with E-state index in [0.29, 0.717) is 24.8 Å². The van der Waals surface area contributed by atoms with Gasteiger partial charge in [0.25, 0.3) is 0 Å². The molecule has 7 heteroatoms. The molecule has 0 unspecified atom stereocenters. The van der Waals surface area contributed by atoms with E-state index in [1.54, 1.807) is 0 Å². The molecule has 0 bridgehead atoms. The van der Waals surface area contributed by atoms with E-state index < -0.39 is 0 Å². The van der Waals surface area contributed by atoms with Crippen molar-refractivity contribution in [2.45, 2.75) is 38.3 Å². The lowest BCUT2D eigenvalue weighted by atomic mass is 9.95. The second-order valence-electron chi connectivity index (χ2n) is 6.88. The van der Waals surface area contributed by atoms with E-state index >= 15 is 0 Å². The molecule has 7 nitrogen and oxygen atoms in total. The fourth-order valence-corrected chi connectivity index (χ4v) is 3.61. The lowest BCUT2D eigenvalue weighted by Gasteiger charge is -2.24. The maximum absolute atomic E-state index is 11.4. The van der Waals surface area contributed by atoms with Crippen LogP contribution in [0.15, 0.2) is 28.8 Å². The number of alkyl carbamates (subject to hydrolysis) is 1. The van der Waals surface area contributed by atoms with Crippen molar-refractivity contribution in [3.8, 4) is 11.4 Å². The van der Waals surface area contributed by atoms with Gasteiger partial charge in [0.1, 0.15) is 5.60 Å². The first-order chi connectivity index (χ1) is 12.1. The van der Waals surface area contributed by atoms with E-state index in [-0.39, 0.29) is 11.7 Å². The van der Waals surface area contributed by atoms with E-state index in [9.17, 15) is 4.79 Å². The van der Waals surface area contributed by atoms with Crippen molar-refractivity contribution in [1.82, 2.24) is 20.4 Å². The van der Waals surface area contributed by atoms with Gasteiger partial charge in [-0.3, -0.25) is 4.90 Å². The zero-order valence-corrected chi connectivity index (χ0v) is 14.3. The van der Waals surface area contributed by atoms with E-state index in [1.165, 1.54) is 0 Å². The first-order valence-corrected chi connectivity index (χ1v) is 8.71. The van der Waals surface area contributed by atoms with Crippen molar-refractivity contribution in [3.63, 3.8) is 0 Å². The molecule has 3 heterocycles. The van der Waals surface area contributed by atoms with E-state index in [2.05, 4.69) is 20.4 Å². The Morgan fingerprint density at radius 3 is 2.96 bits per heavy atom. The number of nitrogens with one attached hydrogen (secondary N) is 1. The standard InChI is InChI=1S/C18H22N4O3/c1-13-5-2-3-6-14(13)16-20-15(25-21-16)11-22-9-4-7-18(8-10-22)12-19-17(23)24-18/h2-3,5-6H,4,7-12H2,1H3,(H,19,23)/t18-/m1/s1. The lowest BCUT2D eigenvalue weighted by Crippen LogP contribution is -2.34. The molecule has 2 aliphatic heterocycles. The Balaban J connectivity index is 1.41. The highest BCUT2D eigenvalue weighted by Crippen LogP contribution is 2.30. The van der Waals surface area contributed by atoms with Crippen molar-refractivity contribution in [3.05, 3.63) is 35.7 Å². The molecule has 0 saturated carbocycles. The van der Waals surface area contributed by atoms with Gasteiger partial charge in [0.05, 0.1) is 13.1 Å². The van der Waals surface area contributed by atoms with Crippen molar-refractivity contribution >= 4 is 6.09 Å².